The standard InChI is InChI=1S/C12H15BrN2S/c1-3-5-14-12-15-11-9(13)6-8(4-2)7-10(11)16-12/h6-7H,3-5H2,1-2H3,(H,14,15). The third kappa shape index (κ3) is 2.38. The van der Waals surface area contributed by atoms with Crippen molar-refractivity contribution in [1.82, 2.24) is 4.98 Å². The van der Waals surface area contributed by atoms with E-state index in [2.05, 4.69) is 52.2 Å². The van der Waals surface area contributed by atoms with Crippen LogP contribution in [0.1, 0.15) is 25.8 Å². The molecule has 1 aromatic heterocycles. The smallest absolute Gasteiger partial charge is 0.183 e. The Morgan fingerprint density at radius 1 is 1.38 bits per heavy atom. The molecule has 4 heteroatoms. The van der Waals surface area contributed by atoms with Crippen LogP contribution in [0, 0.1) is 0 Å². The third-order valence-corrected chi connectivity index (χ3v) is 4.01. The van der Waals surface area contributed by atoms with E-state index >= 15 is 0 Å². The molecule has 86 valence electrons. The molecule has 0 aliphatic rings. The Bertz CT molecular complexity index is 493. The molecular weight excluding hydrogens is 284 g/mol. The van der Waals surface area contributed by atoms with Crippen molar-refractivity contribution in [1.29, 1.82) is 0 Å². The summed E-state index contributed by atoms with van der Waals surface area (Å²) in [5.41, 5.74) is 2.42. The Morgan fingerprint density at radius 3 is 2.88 bits per heavy atom. The Hall–Kier alpha value is -0.610. The van der Waals surface area contributed by atoms with Crippen LogP contribution < -0.4 is 5.32 Å². The van der Waals surface area contributed by atoms with Gasteiger partial charge in [0.1, 0.15) is 0 Å². The number of hydrogen-bond acceptors (Lipinski definition) is 3. The molecule has 2 rings (SSSR count). The van der Waals surface area contributed by atoms with Crippen molar-refractivity contribution in [2.45, 2.75) is 26.7 Å². The van der Waals surface area contributed by atoms with E-state index in [1.807, 2.05) is 0 Å². The van der Waals surface area contributed by atoms with Crippen molar-refractivity contribution < 1.29 is 0 Å². The van der Waals surface area contributed by atoms with E-state index in [9.17, 15) is 0 Å². The van der Waals surface area contributed by atoms with Crippen molar-refractivity contribution in [2.75, 3.05) is 11.9 Å². The maximum atomic E-state index is 4.59. The van der Waals surface area contributed by atoms with E-state index in [-0.39, 0.29) is 0 Å². The Labute approximate surface area is 108 Å². The second kappa shape index (κ2) is 5.15. The summed E-state index contributed by atoms with van der Waals surface area (Å²) in [5, 5.41) is 4.35. The highest BCUT2D eigenvalue weighted by Crippen LogP contribution is 2.32. The summed E-state index contributed by atoms with van der Waals surface area (Å²) in [6, 6.07) is 4.39. The van der Waals surface area contributed by atoms with Crippen LogP contribution in [0.15, 0.2) is 16.6 Å². The summed E-state index contributed by atoms with van der Waals surface area (Å²) < 4.78 is 2.35. The van der Waals surface area contributed by atoms with Gasteiger partial charge in [-0.2, -0.15) is 0 Å². The zero-order chi connectivity index (χ0) is 11.5. The first kappa shape index (κ1) is 11.9. The molecule has 0 aliphatic heterocycles. The molecule has 0 saturated carbocycles. The zero-order valence-corrected chi connectivity index (χ0v) is 11.9. The minimum Gasteiger partial charge on any atom is -0.361 e. The number of aromatic nitrogens is 1. The Kier molecular flexibility index (Phi) is 3.82. The maximum absolute atomic E-state index is 4.59. The number of aryl methyl sites for hydroxylation is 1. The van der Waals surface area contributed by atoms with Crippen LogP contribution in [0.2, 0.25) is 0 Å². The topological polar surface area (TPSA) is 24.9 Å². The highest BCUT2D eigenvalue weighted by Gasteiger charge is 2.07. The average molecular weight is 299 g/mol. The van der Waals surface area contributed by atoms with Crippen LogP contribution in [0.4, 0.5) is 5.13 Å². The molecule has 1 N–H and O–H groups in total. The number of anilines is 1. The van der Waals surface area contributed by atoms with Gasteiger partial charge in [0.25, 0.3) is 0 Å². The number of fused-ring (bicyclic) bond motifs is 1. The molecule has 0 saturated heterocycles. The summed E-state index contributed by atoms with van der Waals surface area (Å²) in [7, 11) is 0. The molecular formula is C12H15BrN2S. The molecule has 0 amide bonds. The van der Waals surface area contributed by atoms with Gasteiger partial charge in [0.05, 0.1) is 10.2 Å². The molecule has 2 aromatic rings. The lowest BCUT2D eigenvalue weighted by molar-refractivity contribution is 0.977. The van der Waals surface area contributed by atoms with Crippen molar-refractivity contribution in [3.63, 3.8) is 0 Å². The van der Waals surface area contributed by atoms with Crippen LogP contribution >= 0.6 is 27.3 Å². The number of nitrogens with zero attached hydrogens (tertiary/aromatic N) is 1. The van der Waals surface area contributed by atoms with Gasteiger partial charge in [-0.1, -0.05) is 25.2 Å². The van der Waals surface area contributed by atoms with Gasteiger partial charge in [-0.3, -0.25) is 0 Å². The highest BCUT2D eigenvalue weighted by molar-refractivity contribution is 9.10. The molecule has 0 fully saturated rings. The Balaban J connectivity index is 2.40. The van der Waals surface area contributed by atoms with E-state index in [4.69, 9.17) is 0 Å². The average Bonchev–Trinajstić information content (AvgIpc) is 2.69. The molecule has 0 bridgehead atoms. The van der Waals surface area contributed by atoms with Gasteiger partial charge in [-0.05, 0) is 46.5 Å². The van der Waals surface area contributed by atoms with Crippen LogP contribution in [-0.4, -0.2) is 11.5 Å². The normalized spacial score (nSPS) is 10.9. The molecule has 1 aromatic carbocycles. The summed E-state index contributed by atoms with van der Waals surface area (Å²) in [6.07, 6.45) is 2.18. The van der Waals surface area contributed by atoms with Crippen molar-refractivity contribution in [3.8, 4) is 0 Å². The number of rotatable bonds is 4. The first-order valence-electron chi connectivity index (χ1n) is 5.57. The summed E-state index contributed by atoms with van der Waals surface area (Å²) in [4.78, 5) is 4.59. The van der Waals surface area contributed by atoms with Gasteiger partial charge in [0.2, 0.25) is 0 Å². The molecule has 0 spiro atoms. The van der Waals surface area contributed by atoms with E-state index in [0.29, 0.717) is 0 Å². The van der Waals surface area contributed by atoms with Gasteiger partial charge < -0.3 is 5.32 Å². The predicted octanol–water partition coefficient (Wildman–Crippen LogP) is 4.44. The molecule has 1 heterocycles. The predicted molar refractivity (Wildman–Crippen MR) is 75.5 cm³/mol. The number of halogens is 1. The molecule has 16 heavy (non-hydrogen) atoms. The minimum absolute atomic E-state index is 0.984. The van der Waals surface area contributed by atoms with Gasteiger partial charge in [0.15, 0.2) is 5.13 Å². The number of hydrogen-bond donors (Lipinski definition) is 1. The number of thiazole rings is 1. The zero-order valence-electron chi connectivity index (χ0n) is 9.51. The monoisotopic (exact) mass is 298 g/mol. The molecule has 0 atom stereocenters. The van der Waals surface area contributed by atoms with Gasteiger partial charge in [0, 0.05) is 11.0 Å². The van der Waals surface area contributed by atoms with Crippen molar-refractivity contribution in [2.24, 2.45) is 0 Å². The maximum Gasteiger partial charge on any atom is 0.183 e. The van der Waals surface area contributed by atoms with E-state index in [0.717, 1.165) is 34.5 Å². The fraction of sp³-hybridized carbons (Fsp3) is 0.417. The molecule has 0 aliphatic carbocycles. The fourth-order valence-corrected chi connectivity index (χ4v) is 3.26. The Morgan fingerprint density at radius 2 is 2.19 bits per heavy atom. The van der Waals surface area contributed by atoms with Crippen molar-refractivity contribution >= 4 is 42.6 Å². The largest absolute Gasteiger partial charge is 0.361 e. The van der Waals surface area contributed by atoms with Crippen LogP contribution in [0.5, 0.6) is 0 Å². The lowest BCUT2D eigenvalue weighted by Crippen LogP contribution is -1.98. The summed E-state index contributed by atoms with van der Waals surface area (Å²) in [5.74, 6) is 0. The first-order valence-corrected chi connectivity index (χ1v) is 7.18. The SMILES string of the molecule is CCCNc1nc2c(Br)cc(CC)cc2s1. The second-order valence-electron chi connectivity index (χ2n) is 3.72. The van der Waals surface area contributed by atoms with Crippen molar-refractivity contribution in [3.05, 3.63) is 22.2 Å². The number of benzene rings is 1. The molecule has 0 unspecified atom stereocenters. The van der Waals surface area contributed by atoms with E-state index in [1.165, 1.54) is 10.3 Å². The lowest BCUT2D eigenvalue weighted by Gasteiger charge is -1.97. The van der Waals surface area contributed by atoms with E-state index in [1.54, 1.807) is 11.3 Å². The second-order valence-corrected chi connectivity index (χ2v) is 5.61. The third-order valence-electron chi connectivity index (χ3n) is 2.44. The number of nitrogens with one attached hydrogen (secondary N) is 1. The van der Waals surface area contributed by atoms with Crippen LogP contribution in [0.3, 0.4) is 0 Å². The lowest BCUT2D eigenvalue weighted by atomic mass is 10.2. The molecule has 2 nitrogen and oxygen atoms in total. The first-order chi connectivity index (χ1) is 7.74. The fourth-order valence-electron chi connectivity index (χ4n) is 1.55. The summed E-state index contributed by atoms with van der Waals surface area (Å²) in [6.45, 7) is 5.31. The molecule has 0 radical (unpaired) electrons. The van der Waals surface area contributed by atoms with Crippen LogP contribution in [-0.2, 0) is 6.42 Å². The highest BCUT2D eigenvalue weighted by atomic mass is 79.9. The quantitative estimate of drug-likeness (QED) is 0.902. The van der Waals surface area contributed by atoms with Gasteiger partial charge in [-0.15, -0.1) is 0 Å². The minimum atomic E-state index is 0.984. The van der Waals surface area contributed by atoms with Crippen LogP contribution in [0.25, 0.3) is 10.2 Å². The van der Waals surface area contributed by atoms with Gasteiger partial charge >= 0.3 is 0 Å². The summed E-state index contributed by atoms with van der Waals surface area (Å²) >= 11 is 5.32. The van der Waals surface area contributed by atoms with Gasteiger partial charge in [-0.25, -0.2) is 4.98 Å². The van der Waals surface area contributed by atoms with E-state index < -0.39 is 0 Å².